The number of carbonyl (C=O) groups is 1. The van der Waals surface area contributed by atoms with Gasteiger partial charge in [0.05, 0.1) is 16.1 Å². The number of nitrogens with two attached hydrogens (primary N) is 1. The summed E-state index contributed by atoms with van der Waals surface area (Å²) >= 11 is 7.91. The first-order chi connectivity index (χ1) is 14.4. The molecule has 2 N–H and O–H groups in total. The molecule has 3 heterocycles. The largest absolute Gasteiger partial charge is 0.454 e. The number of amides is 1. The van der Waals surface area contributed by atoms with Gasteiger partial charge in [0.2, 0.25) is 6.79 Å². The Morgan fingerprint density at radius 1 is 1.13 bits per heavy atom. The molecule has 0 aliphatic carbocycles. The van der Waals surface area contributed by atoms with Crippen LogP contribution in [0.15, 0.2) is 42.5 Å². The SMILES string of the molecule is Cc1c(-c2cc(C(N)=O)c(C)n2Cc2ccc3c(c2)OCO3)sc2ccc(Cl)cc12. The van der Waals surface area contributed by atoms with Crippen LogP contribution in [-0.2, 0) is 6.54 Å². The number of hydrogen-bond acceptors (Lipinski definition) is 4. The first kappa shape index (κ1) is 19.0. The smallest absolute Gasteiger partial charge is 0.250 e. The lowest BCUT2D eigenvalue weighted by Gasteiger charge is -2.12. The minimum Gasteiger partial charge on any atom is -0.454 e. The molecular weight excluding hydrogens is 420 g/mol. The highest BCUT2D eigenvalue weighted by atomic mass is 35.5. The van der Waals surface area contributed by atoms with Crippen molar-refractivity contribution in [3.05, 3.63) is 69.9 Å². The highest BCUT2D eigenvalue weighted by molar-refractivity contribution is 7.22. The van der Waals surface area contributed by atoms with Crippen LogP contribution in [0, 0.1) is 13.8 Å². The van der Waals surface area contributed by atoms with Crippen LogP contribution in [0.25, 0.3) is 20.7 Å². The molecule has 1 amide bonds. The van der Waals surface area contributed by atoms with Crippen molar-refractivity contribution in [1.82, 2.24) is 4.57 Å². The number of halogens is 1. The van der Waals surface area contributed by atoms with Gasteiger partial charge in [-0.3, -0.25) is 4.79 Å². The van der Waals surface area contributed by atoms with Crippen LogP contribution < -0.4 is 15.2 Å². The third-order valence-electron chi connectivity index (χ3n) is 5.54. The number of benzene rings is 2. The van der Waals surface area contributed by atoms with Crippen LogP contribution in [0.4, 0.5) is 0 Å². The summed E-state index contributed by atoms with van der Waals surface area (Å²) in [6.07, 6.45) is 0. The van der Waals surface area contributed by atoms with Crippen LogP contribution in [0.3, 0.4) is 0 Å². The van der Waals surface area contributed by atoms with Gasteiger partial charge in [-0.1, -0.05) is 17.7 Å². The molecule has 0 spiro atoms. The van der Waals surface area contributed by atoms with Gasteiger partial charge in [0.15, 0.2) is 11.5 Å². The highest BCUT2D eigenvalue weighted by Crippen LogP contribution is 2.41. The van der Waals surface area contributed by atoms with Gasteiger partial charge in [0.25, 0.3) is 5.91 Å². The number of thiophene rings is 1. The molecule has 0 saturated heterocycles. The van der Waals surface area contributed by atoms with Crippen molar-refractivity contribution in [1.29, 1.82) is 0 Å². The zero-order valence-corrected chi connectivity index (χ0v) is 18.1. The number of primary amides is 1. The Kier molecular flexibility index (Phi) is 4.49. The lowest BCUT2D eigenvalue weighted by molar-refractivity contribution is 0.0999. The zero-order valence-electron chi connectivity index (χ0n) is 16.5. The number of nitrogens with zero attached hydrogens (tertiary/aromatic N) is 1. The molecule has 1 aliphatic rings. The number of fused-ring (bicyclic) bond motifs is 2. The van der Waals surface area contributed by atoms with Crippen molar-refractivity contribution in [2.24, 2.45) is 5.73 Å². The minimum atomic E-state index is -0.431. The summed E-state index contributed by atoms with van der Waals surface area (Å²) in [5, 5.41) is 1.83. The molecule has 0 unspecified atom stereocenters. The molecule has 0 fully saturated rings. The van der Waals surface area contributed by atoms with E-state index < -0.39 is 5.91 Å². The molecule has 4 aromatic rings. The molecule has 0 bridgehead atoms. The van der Waals surface area contributed by atoms with E-state index in [4.69, 9.17) is 26.8 Å². The second-order valence-electron chi connectivity index (χ2n) is 7.36. The van der Waals surface area contributed by atoms with Gasteiger partial charge in [-0.15, -0.1) is 11.3 Å². The Morgan fingerprint density at radius 3 is 2.73 bits per heavy atom. The monoisotopic (exact) mass is 438 g/mol. The molecule has 2 aromatic carbocycles. The number of rotatable bonds is 4. The van der Waals surface area contributed by atoms with Crippen molar-refractivity contribution in [2.45, 2.75) is 20.4 Å². The van der Waals surface area contributed by atoms with E-state index in [-0.39, 0.29) is 6.79 Å². The summed E-state index contributed by atoms with van der Waals surface area (Å²) in [5.74, 6) is 1.06. The van der Waals surface area contributed by atoms with Crippen molar-refractivity contribution < 1.29 is 14.3 Å². The highest BCUT2D eigenvalue weighted by Gasteiger charge is 2.21. The summed E-state index contributed by atoms with van der Waals surface area (Å²) < 4.78 is 14.2. The van der Waals surface area contributed by atoms with E-state index in [1.807, 2.05) is 49.4 Å². The van der Waals surface area contributed by atoms with Crippen molar-refractivity contribution >= 4 is 38.9 Å². The number of carbonyl (C=O) groups excluding carboxylic acids is 1. The molecule has 5 nitrogen and oxygen atoms in total. The summed E-state index contributed by atoms with van der Waals surface area (Å²) in [6.45, 7) is 4.83. The quantitative estimate of drug-likeness (QED) is 0.456. The summed E-state index contributed by atoms with van der Waals surface area (Å²) in [4.78, 5) is 13.2. The Bertz CT molecular complexity index is 1320. The van der Waals surface area contributed by atoms with Crippen molar-refractivity contribution in [3.63, 3.8) is 0 Å². The fraction of sp³-hybridized carbons (Fsp3) is 0.174. The number of ether oxygens (including phenoxy) is 2. The second kappa shape index (κ2) is 7.07. The topological polar surface area (TPSA) is 66.5 Å². The summed E-state index contributed by atoms with van der Waals surface area (Å²) in [6, 6.07) is 13.7. The summed E-state index contributed by atoms with van der Waals surface area (Å²) in [7, 11) is 0. The third-order valence-corrected chi connectivity index (χ3v) is 7.07. The predicted molar refractivity (Wildman–Crippen MR) is 120 cm³/mol. The van der Waals surface area contributed by atoms with Crippen LogP contribution in [0.1, 0.15) is 27.2 Å². The first-order valence-electron chi connectivity index (χ1n) is 9.50. The molecule has 152 valence electrons. The molecule has 0 atom stereocenters. The van der Waals surface area contributed by atoms with Crippen LogP contribution >= 0.6 is 22.9 Å². The van der Waals surface area contributed by atoms with Gasteiger partial charge in [0, 0.05) is 22.0 Å². The first-order valence-corrected chi connectivity index (χ1v) is 10.7. The standard InChI is InChI=1S/C23H19ClN2O3S/c1-12-16-8-15(24)4-6-21(16)30-22(12)18-9-17(23(25)27)13(2)26(18)10-14-3-5-19-20(7-14)29-11-28-19/h3-9H,10-11H2,1-2H3,(H2,25,27). The van der Waals surface area contributed by atoms with Crippen molar-refractivity contribution in [3.8, 4) is 22.1 Å². The maximum Gasteiger partial charge on any atom is 0.250 e. The van der Waals surface area contributed by atoms with E-state index in [2.05, 4.69) is 11.5 Å². The number of hydrogen-bond donors (Lipinski definition) is 1. The van der Waals surface area contributed by atoms with E-state index in [0.29, 0.717) is 17.1 Å². The lowest BCUT2D eigenvalue weighted by atomic mass is 10.1. The molecule has 1 aliphatic heterocycles. The lowest BCUT2D eigenvalue weighted by Crippen LogP contribution is -2.12. The molecule has 0 saturated carbocycles. The average molecular weight is 439 g/mol. The van der Waals surface area contributed by atoms with E-state index >= 15 is 0 Å². The summed E-state index contributed by atoms with van der Waals surface area (Å²) in [5.41, 5.74) is 10.2. The number of aromatic nitrogens is 1. The Labute approximate surface area is 182 Å². The van der Waals surface area contributed by atoms with Crippen molar-refractivity contribution in [2.75, 3.05) is 6.79 Å². The molecule has 7 heteroatoms. The van der Waals surface area contributed by atoms with Crippen LogP contribution in [-0.4, -0.2) is 17.3 Å². The van der Waals surface area contributed by atoms with Gasteiger partial charge in [-0.05, 0) is 66.8 Å². The molecule has 2 aromatic heterocycles. The average Bonchev–Trinajstić information content (AvgIpc) is 3.39. The van der Waals surface area contributed by atoms with Gasteiger partial charge in [0.1, 0.15) is 0 Å². The van der Waals surface area contributed by atoms with E-state index in [1.54, 1.807) is 11.3 Å². The third kappa shape index (κ3) is 3.04. The van der Waals surface area contributed by atoms with E-state index in [0.717, 1.165) is 49.0 Å². The molecule has 0 radical (unpaired) electrons. The van der Waals surface area contributed by atoms with Gasteiger partial charge in [-0.25, -0.2) is 0 Å². The normalized spacial score (nSPS) is 12.6. The van der Waals surface area contributed by atoms with E-state index in [9.17, 15) is 4.79 Å². The van der Waals surface area contributed by atoms with E-state index in [1.165, 1.54) is 0 Å². The van der Waals surface area contributed by atoms with Gasteiger partial charge >= 0.3 is 0 Å². The van der Waals surface area contributed by atoms with Crippen LogP contribution in [0.2, 0.25) is 5.02 Å². The maximum absolute atomic E-state index is 12.1. The Morgan fingerprint density at radius 2 is 1.93 bits per heavy atom. The second-order valence-corrected chi connectivity index (χ2v) is 8.85. The fourth-order valence-corrected chi connectivity index (χ4v) is 5.33. The molecular formula is C23H19ClN2O3S. The Balaban J connectivity index is 1.66. The van der Waals surface area contributed by atoms with Crippen LogP contribution in [0.5, 0.6) is 11.5 Å². The van der Waals surface area contributed by atoms with Gasteiger partial charge < -0.3 is 19.8 Å². The zero-order chi connectivity index (χ0) is 21.0. The fourth-order valence-electron chi connectivity index (χ4n) is 3.95. The predicted octanol–water partition coefficient (Wildman–Crippen LogP) is 5.52. The molecule has 5 rings (SSSR count). The Hall–Kier alpha value is -2.96. The number of aryl methyl sites for hydroxylation is 1. The van der Waals surface area contributed by atoms with Gasteiger partial charge in [-0.2, -0.15) is 0 Å². The molecule has 30 heavy (non-hydrogen) atoms. The minimum absolute atomic E-state index is 0.238. The maximum atomic E-state index is 12.1.